The lowest BCUT2D eigenvalue weighted by Crippen LogP contribution is -2.10. The van der Waals surface area contributed by atoms with Gasteiger partial charge >= 0.3 is 11.9 Å². The van der Waals surface area contributed by atoms with Gasteiger partial charge < -0.3 is 14.9 Å². The largest absolute Gasteiger partial charge is 0.488 e. The number of rotatable bonds is 7. The highest BCUT2D eigenvalue weighted by molar-refractivity contribution is 5.90. The van der Waals surface area contributed by atoms with E-state index in [0.29, 0.717) is 17.9 Å². The Kier molecular flexibility index (Phi) is 6.79. The molecule has 5 heteroatoms. The van der Waals surface area contributed by atoms with Crippen molar-refractivity contribution >= 4 is 18.0 Å². The fourth-order valence-electron chi connectivity index (χ4n) is 3.24. The Bertz CT molecular complexity index is 1150. The summed E-state index contributed by atoms with van der Waals surface area (Å²) in [5.74, 6) is -1.53. The lowest BCUT2D eigenvalue weighted by molar-refractivity contribution is -0.131. The second kappa shape index (κ2) is 9.52. The summed E-state index contributed by atoms with van der Waals surface area (Å²) in [5.41, 5.74) is 4.58. The normalized spacial score (nSPS) is 11.5. The smallest absolute Gasteiger partial charge is 0.335 e. The van der Waals surface area contributed by atoms with Crippen LogP contribution in [0.5, 0.6) is 5.75 Å². The van der Waals surface area contributed by atoms with Gasteiger partial charge in [0.2, 0.25) is 0 Å². The molecule has 0 aromatic heterocycles. The van der Waals surface area contributed by atoms with Gasteiger partial charge in [-0.1, -0.05) is 63.2 Å². The number of aliphatic carboxylic acids is 1. The van der Waals surface area contributed by atoms with Crippen molar-refractivity contribution in [2.24, 2.45) is 0 Å². The monoisotopic (exact) mass is 430 g/mol. The molecule has 2 N–H and O–H groups in total. The number of ether oxygens (including phenoxy) is 1. The van der Waals surface area contributed by atoms with E-state index in [0.717, 1.165) is 22.8 Å². The van der Waals surface area contributed by atoms with Gasteiger partial charge in [-0.05, 0) is 58.0 Å². The molecule has 0 aliphatic rings. The molecular formula is C27H26O5. The number of hydrogen-bond acceptors (Lipinski definition) is 3. The molecule has 3 aromatic carbocycles. The molecule has 0 bridgehead atoms. The van der Waals surface area contributed by atoms with Gasteiger partial charge in [-0.2, -0.15) is 0 Å². The Morgan fingerprint density at radius 1 is 0.906 bits per heavy atom. The van der Waals surface area contributed by atoms with Crippen molar-refractivity contribution in [2.75, 3.05) is 0 Å². The predicted molar refractivity (Wildman–Crippen MR) is 125 cm³/mol. The fraction of sp³-hybridized carbons (Fsp3) is 0.185. The summed E-state index contributed by atoms with van der Waals surface area (Å²) in [6.45, 7) is 6.82. The van der Waals surface area contributed by atoms with Crippen molar-refractivity contribution in [3.05, 3.63) is 95.1 Å². The SMILES string of the molecule is CC(C)(C)c1ccc(COc2ccc(-c3cccc(C(=O)O)c3)cc2/C=C/C(=O)O)cc1. The van der Waals surface area contributed by atoms with E-state index in [-0.39, 0.29) is 11.0 Å². The molecule has 0 aliphatic heterocycles. The molecule has 3 aromatic rings. The molecule has 5 nitrogen and oxygen atoms in total. The number of hydrogen-bond donors (Lipinski definition) is 2. The number of carbonyl (C=O) groups is 2. The van der Waals surface area contributed by atoms with Crippen molar-refractivity contribution in [3.63, 3.8) is 0 Å². The average Bonchev–Trinajstić information content (AvgIpc) is 2.76. The van der Waals surface area contributed by atoms with E-state index in [2.05, 4.69) is 32.9 Å². The summed E-state index contributed by atoms with van der Waals surface area (Å²) in [5, 5.41) is 18.3. The zero-order chi connectivity index (χ0) is 23.3. The van der Waals surface area contributed by atoms with Gasteiger partial charge in [-0.15, -0.1) is 0 Å². The Labute approximate surface area is 187 Å². The first kappa shape index (κ1) is 22.8. The van der Waals surface area contributed by atoms with Gasteiger partial charge in [0.15, 0.2) is 0 Å². The molecule has 0 atom stereocenters. The number of carboxylic acid groups (broad SMARTS) is 2. The summed E-state index contributed by atoms with van der Waals surface area (Å²) in [6, 6.07) is 20.2. The summed E-state index contributed by atoms with van der Waals surface area (Å²) < 4.78 is 6.00. The number of carboxylic acids is 2. The fourth-order valence-corrected chi connectivity index (χ4v) is 3.24. The van der Waals surface area contributed by atoms with Gasteiger partial charge in [0.25, 0.3) is 0 Å². The summed E-state index contributed by atoms with van der Waals surface area (Å²) >= 11 is 0. The maximum Gasteiger partial charge on any atom is 0.335 e. The molecule has 0 aliphatic carbocycles. The molecule has 0 spiro atoms. The third-order valence-corrected chi connectivity index (χ3v) is 5.07. The van der Waals surface area contributed by atoms with Crippen LogP contribution in [0, 0.1) is 0 Å². The topological polar surface area (TPSA) is 83.8 Å². The van der Waals surface area contributed by atoms with Crippen molar-refractivity contribution < 1.29 is 24.5 Å². The van der Waals surface area contributed by atoms with Gasteiger partial charge in [-0.25, -0.2) is 9.59 Å². The van der Waals surface area contributed by atoms with E-state index < -0.39 is 11.9 Å². The third-order valence-electron chi connectivity index (χ3n) is 5.07. The minimum atomic E-state index is -1.06. The van der Waals surface area contributed by atoms with E-state index >= 15 is 0 Å². The lowest BCUT2D eigenvalue weighted by Gasteiger charge is -2.19. The number of benzene rings is 3. The van der Waals surface area contributed by atoms with Gasteiger partial charge in [-0.3, -0.25) is 0 Å². The van der Waals surface area contributed by atoms with Crippen LogP contribution < -0.4 is 4.74 Å². The van der Waals surface area contributed by atoms with Crippen LogP contribution in [0.4, 0.5) is 0 Å². The lowest BCUT2D eigenvalue weighted by atomic mass is 9.87. The standard InChI is InChI=1S/C27H26O5/c1-27(2,3)23-11-7-18(8-12-23)17-32-24-13-9-20(15-21(24)10-14-25(28)29)19-5-4-6-22(16-19)26(30)31/h4-16H,17H2,1-3H3,(H,28,29)(H,30,31)/b14-10+. The van der Waals surface area contributed by atoms with Gasteiger partial charge in [0.1, 0.15) is 12.4 Å². The van der Waals surface area contributed by atoms with Crippen LogP contribution in [0.2, 0.25) is 0 Å². The highest BCUT2D eigenvalue weighted by Crippen LogP contribution is 2.29. The van der Waals surface area contributed by atoms with E-state index in [4.69, 9.17) is 9.84 Å². The first-order valence-corrected chi connectivity index (χ1v) is 10.2. The van der Waals surface area contributed by atoms with E-state index in [1.54, 1.807) is 24.3 Å². The molecule has 0 radical (unpaired) electrons. The summed E-state index contributed by atoms with van der Waals surface area (Å²) in [7, 11) is 0. The zero-order valence-electron chi connectivity index (χ0n) is 18.3. The van der Waals surface area contributed by atoms with Crippen LogP contribution in [0.25, 0.3) is 17.2 Å². The molecule has 0 amide bonds. The molecular weight excluding hydrogens is 404 g/mol. The maximum atomic E-state index is 11.3. The Hall–Kier alpha value is -3.86. The average molecular weight is 431 g/mol. The van der Waals surface area contributed by atoms with Gasteiger partial charge in [0.05, 0.1) is 5.56 Å². The number of aromatic carboxylic acids is 1. The molecule has 0 fully saturated rings. The van der Waals surface area contributed by atoms with E-state index in [1.165, 1.54) is 17.7 Å². The van der Waals surface area contributed by atoms with Crippen molar-refractivity contribution in [2.45, 2.75) is 32.8 Å². The summed E-state index contributed by atoms with van der Waals surface area (Å²) in [6.07, 6.45) is 2.53. The molecule has 0 saturated carbocycles. The molecule has 3 rings (SSSR count). The minimum absolute atomic E-state index is 0.0714. The Balaban J connectivity index is 1.87. The molecule has 0 saturated heterocycles. The molecule has 164 valence electrons. The van der Waals surface area contributed by atoms with Crippen LogP contribution in [0.1, 0.15) is 47.8 Å². The summed E-state index contributed by atoms with van der Waals surface area (Å²) in [4.78, 5) is 22.3. The van der Waals surface area contributed by atoms with Crippen LogP contribution in [-0.4, -0.2) is 22.2 Å². The highest BCUT2D eigenvalue weighted by Gasteiger charge is 2.13. The van der Waals surface area contributed by atoms with E-state index in [1.807, 2.05) is 24.3 Å². The quantitative estimate of drug-likeness (QED) is 0.447. The highest BCUT2D eigenvalue weighted by atomic mass is 16.5. The predicted octanol–water partition coefficient (Wildman–Crippen LogP) is 6.03. The first-order chi connectivity index (χ1) is 15.1. The van der Waals surface area contributed by atoms with Crippen LogP contribution in [0.3, 0.4) is 0 Å². The van der Waals surface area contributed by atoms with Crippen LogP contribution >= 0.6 is 0 Å². The molecule has 0 unspecified atom stereocenters. The first-order valence-electron chi connectivity index (χ1n) is 10.2. The molecule has 32 heavy (non-hydrogen) atoms. The maximum absolute atomic E-state index is 11.3. The van der Waals surface area contributed by atoms with Crippen molar-refractivity contribution in [1.29, 1.82) is 0 Å². The molecule has 0 heterocycles. The van der Waals surface area contributed by atoms with Crippen molar-refractivity contribution in [3.8, 4) is 16.9 Å². The Morgan fingerprint density at radius 3 is 2.22 bits per heavy atom. The Morgan fingerprint density at radius 2 is 1.59 bits per heavy atom. The second-order valence-corrected chi connectivity index (χ2v) is 8.55. The van der Waals surface area contributed by atoms with E-state index in [9.17, 15) is 14.7 Å². The van der Waals surface area contributed by atoms with Crippen molar-refractivity contribution in [1.82, 2.24) is 0 Å². The third kappa shape index (κ3) is 5.85. The van der Waals surface area contributed by atoms with Gasteiger partial charge in [0, 0.05) is 11.6 Å². The minimum Gasteiger partial charge on any atom is -0.488 e. The van der Waals surface area contributed by atoms with Crippen LogP contribution in [0.15, 0.2) is 72.8 Å². The van der Waals surface area contributed by atoms with Crippen LogP contribution in [-0.2, 0) is 16.8 Å². The second-order valence-electron chi connectivity index (χ2n) is 8.55. The zero-order valence-corrected chi connectivity index (χ0v) is 18.3.